The van der Waals surface area contributed by atoms with Gasteiger partial charge in [0, 0.05) is 0 Å². The van der Waals surface area contributed by atoms with Crippen LogP contribution in [0.4, 0.5) is 13.2 Å². The molecule has 0 aromatic rings. The third-order valence-corrected chi connectivity index (χ3v) is 1.10. The average molecular weight is 195 g/mol. The smallest absolute Gasteiger partial charge is 0.417 e. The van der Waals surface area contributed by atoms with Crippen LogP contribution in [-0.4, -0.2) is 12.1 Å². The predicted octanol–water partition coefficient (Wildman–Crippen LogP) is 1.27. The lowest BCUT2D eigenvalue weighted by Gasteiger charge is -2.18. The van der Waals surface area contributed by atoms with E-state index in [2.05, 4.69) is 0 Å². The van der Waals surface area contributed by atoms with Gasteiger partial charge in [0.15, 0.2) is 0 Å². The van der Waals surface area contributed by atoms with Gasteiger partial charge in [-0.3, -0.25) is 0 Å². The Morgan fingerprint density at radius 3 is 1.69 bits per heavy atom. The third-order valence-electron chi connectivity index (χ3n) is 1.10. The molecule has 0 bridgehead atoms. The molecule has 0 saturated heterocycles. The molecular weight excluding hydrogens is 185 g/mol. The number of carbonyl (C=O) groups excluding carboxylic acids is 1. The van der Waals surface area contributed by atoms with E-state index in [4.69, 9.17) is 0 Å². The summed E-state index contributed by atoms with van der Waals surface area (Å²) in [5.41, 5.74) is -2.47. The van der Waals surface area contributed by atoms with Gasteiger partial charge in [0.05, 0.1) is 11.5 Å². The van der Waals surface area contributed by atoms with Crippen LogP contribution in [0.2, 0.25) is 0 Å². The Balaban J connectivity index is 5.06. The molecule has 0 atom stereocenters. The number of carbonyl (C=O) groups is 1. The van der Waals surface area contributed by atoms with Gasteiger partial charge in [-0.15, -0.1) is 0 Å². The maximum atomic E-state index is 12.0. The maximum Gasteiger partial charge on any atom is 0.417 e. The molecule has 0 saturated carbocycles. The molecule has 0 radical (unpaired) electrons. The van der Waals surface area contributed by atoms with Gasteiger partial charge in [-0.2, -0.15) is 13.2 Å². The predicted molar refractivity (Wildman–Crippen MR) is 38.6 cm³/mol. The van der Waals surface area contributed by atoms with Crippen molar-refractivity contribution < 1.29 is 23.1 Å². The monoisotopic (exact) mass is 195 g/mol. The first-order valence-electron chi connectivity index (χ1n) is 3.55. The first kappa shape index (κ1) is 12.0. The minimum Gasteiger partial charge on any atom is -0.545 e. The Labute approximate surface area is 74.1 Å². The van der Waals surface area contributed by atoms with Gasteiger partial charge < -0.3 is 9.90 Å². The zero-order chi connectivity index (χ0) is 10.9. The molecule has 0 aromatic heterocycles. The summed E-state index contributed by atoms with van der Waals surface area (Å²) in [4.78, 5) is 10.1. The second-order valence-electron chi connectivity index (χ2n) is 3.71. The number of aliphatic carboxylic acids is 1. The summed E-state index contributed by atoms with van der Waals surface area (Å²) >= 11 is 0. The number of alkyl halides is 3. The van der Waals surface area contributed by atoms with Crippen molar-refractivity contribution in [3.05, 3.63) is 11.6 Å². The highest BCUT2D eigenvalue weighted by Gasteiger charge is 2.35. The van der Waals surface area contributed by atoms with Crippen molar-refractivity contribution in [1.82, 2.24) is 0 Å². The van der Waals surface area contributed by atoms with Crippen molar-refractivity contribution in [3.63, 3.8) is 0 Å². The first-order chi connectivity index (χ1) is 5.54. The van der Waals surface area contributed by atoms with Crippen LogP contribution in [0.1, 0.15) is 20.8 Å². The van der Waals surface area contributed by atoms with Crippen LogP contribution in [0.3, 0.4) is 0 Å². The summed E-state index contributed by atoms with van der Waals surface area (Å²) in [6.45, 7) is 4.42. The van der Waals surface area contributed by atoms with Gasteiger partial charge in [-0.05, 0) is 5.41 Å². The van der Waals surface area contributed by atoms with E-state index in [1.54, 1.807) is 0 Å². The van der Waals surface area contributed by atoms with Gasteiger partial charge >= 0.3 is 6.18 Å². The zero-order valence-electron chi connectivity index (χ0n) is 7.53. The number of allylic oxidation sites excluding steroid dienone is 1. The molecule has 0 unspecified atom stereocenters. The Bertz CT molecular complexity index is 233. The molecule has 0 rings (SSSR count). The molecule has 13 heavy (non-hydrogen) atoms. The van der Waals surface area contributed by atoms with Crippen LogP contribution in [0.15, 0.2) is 11.6 Å². The lowest BCUT2D eigenvalue weighted by molar-refractivity contribution is -0.303. The minimum absolute atomic E-state index is 0.641. The molecule has 0 heterocycles. The van der Waals surface area contributed by atoms with Crippen molar-refractivity contribution in [2.24, 2.45) is 5.41 Å². The van der Waals surface area contributed by atoms with E-state index in [1.807, 2.05) is 0 Å². The quantitative estimate of drug-likeness (QED) is 0.591. The fourth-order valence-electron chi connectivity index (χ4n) is 0.689. The number of hydrogen-bond donors (Lipinski definition) is 0. The molecule has 0 aromatic carbocycles. The van der Waals surface area contributed by atoms with E-state index in [9.17, 15) is 23.1 Å². The number of carboxylic acid groups (broad SMARTS) is 1. The second-order valence-corrected chi connectivity index (χ2v) is 3.71. The van der Waals surface area contributed by atoms with Gasteiger partial charge in [0.25, 0.3) is 0 Å². The summed E-state index contributed by atoms with van der Waals surface area (Å²) in [7, 11) is 0. The van der Waals surface area contributed by atoms with Gasteiger partial charge in [-0.1, -0.05) is 26.8 Å². The Hall–Kier alpha value is -1.00. The van der Waals surface area contributed by atoms with Crippen LogP contribution < -0.4 is 5.11 Å². The Morgan fingerprint density at radius 2 is 1.62 bits per heavy atom. The Kier molecular flexibility index (Phi) is 3.13. The SMILES string of the molecule is CC(C)(C)C=C(C(=O)[O-])C(F)(F)F. The molecule has 76 valence electrons. The summed E-state index contributed by atoms with van der Waals surface area (Å²) < 4.78 is 36.0. The van der Waals surface area contributed by atoms with Crippen molar-refractivity contribution in [1.29, 1.82) is 0 Å². The lowest BCUT2D eigenvalue weighted by atomic mass is 9.93. The van der Waals surface area contributed by atoms with E-state index in [1.165, 1.54) is 20.8 Å². The number of halogens is 3. The number of rotatable bonds is 1. The van der Waals surface area contributed by atoms with E-state index in [-0.39, 0.29) is 0 Å². The molecule has 0 fully saturated rings. The van der Waals surface area contributed by atoms with Gasteiger partial charge in [-0.25, -0.2) is 0 Å². The summed E-state index contributed by atoms with van der Waals surface area (Å²) in [6, 6.07) is 0. The average Bonchev–Trinajstić information content (AvgIpc) is 1.77. The summed E-state index contributed by atoms with van der Waals surface area (Å²) in [5.74, 6) is -2.19. The molecule has 5 heteroatoms. The highest BCUT2D eigenvalue weighted by Crippen LogP contribution is 2.29. The fourth-order valence-corrected chi connectivity index (χ4v) is 0.689. The van der Waals surface area contributed by atoms with E-state index in [0.717, 1.165) is 0 Å². The molecule has 0 aliphatic carbocycles. The molecule has 0 amide bonds. The van der Waals surface area contributed by atoms with Gasteiger partial charge in [0.2, 0.25) is 0 Å². The van der Waals surface area contributed by atoms with Crippen LogP contribution in [-0.2, 0) is 4.79 Å². The molecule has 0 spiro atoms. The van der Waals surface area contributed by atoms with E-state index < -0.39 is 23.1 Å². The van der Waals surface area contributed by atoms with E-state index >= 15 is 0 Å². The molecule has 0 aliphatic heterocycles. The van der Waals surface area contributed by atoms with E-state index in [0.29, 0.717) is 6.08 Å². The standard InChI is InChI=1S/C8H11F3O2/c1-7(2,3)4-5(6(12)13)8(9,10)11/h4H,1-3H3,(H,12,13)/p-1. The summed E-state index contributed by atoms with van der Waals surface area (Å²) in [5, 5.41) is 10.1. The van der Waals surface area contributed by atoms with Crippen molar-refractivity contribution >= 4 is 5.97 Å². The minimum atomic E-state index is -4.86. The van der Waals surface area contributed by atoms with Gasteiger partial charge in [0.1, 0.15) is 0 Å². The van der Waals surface area contributed by atoms with Crippen molar-refractivity contribution in [2.75, 3.05) is 0 Å². The molecular formula is C8H10F3O2-. The Morgan fingerprint density at radius 1 is 1.23 bits per heavy atom. The normalized spacial score (nSPS) is 14.5. The third kappa shape index (κ3) is 4.55. The molecule has 0 aliphatic rings. The largest absolute Gasteiger partial charge is 0.545 e. The fraction of sp³-hybridized carbons (Fsp3) is 0.625. The first-order valence-corrected chi connectivity index (χ1v) is 3.55. The van der Waals surface area contributed by atoms with Crippen LogP contribution in [0.5, 0.6) is 0 Å². The lowest BCUT2D eigenvalue weighted by Crippen LogP contribution is -2.33. The van der Waals surface area contributed by atoms with Crippen LogP contribution in [0.25, 0.3) is 0 Å². The highest BCUT2D eigenvalue weighted by molar-refractivity contribution is 5.86. The van der Waals surface area contributed by atoms with Crippen molar-refractivity contribution in [3.8, 4) is 0 Å². The molecule has 0 N–H and O–H groups in total. The molecule has 2 nitrogen and oxygen atoms in total. The topological polar surface area (TPSA) is 40.1 Å². The number of carboxylic acids is 1. The maximum absolute atomic E-state index is 12.0. The second kappa shape index (κ2) is 3.40. The van der Waals surface area contributed by atoms with Crippen LogP contribution in [0, 0.1) is 5.41 Å². The highest BCUT2D eigenvalue weighted by atomic mass is 19.4. The summed E-state index contributed by atoms with van der Waals surface area (Å²) in [6.07, 6.45) is -4.21. The van der Waals surface area contributed by atoms with Crippen LogP contribution >= 0.6 is 0 Å². The van der Waals surface area contributed by atoms with Crippen molar-refractivity contribution in [2.45, 2.75) is 26.9 Å². The number of hydrogen-bond acceptors (Lipinski definition) is 2. The zero-order valence-corrected chi connectivity index (χ0v) is 7.53.